The van der Waals surface area contributed by atoms with Gasteiger partial charge in [-0.15, -0.1) is 11.8 Å². The standard InChI is InChI=1S/C26H23N5O3S/c1-33-20-15-9-7-13-18(20)27-26-28-23-22(24(35-3)29-31(23)17-11-5-4-6-12-17)25(32)30(26)19-14-8-10-16-21(19)34-2/h4-16H,1-3H3,(H,27,28). The number of para-hydroxylation sites is 5. The van der Waals surface area contributed by atoms with Crippen LogP contribution in [0, 0.1) is 0 Å². The second-order valence-electron chi connectivity index (χ2n) is 7.53. The molecule has 0 saturated carbocycles. The molecular formula is C26H23N5O3S. The van der Waals surface area contributed by atoms with E-state index in [0.29, 0.717) is 44.9 Å². The first kappa shape index (κ1) is 22.5. The minimum Gasteiger partial charge on any atom is -0.495 e. The van der Waals surface area contributed by atoms with Crippen LogP contribution in [0.2, 0.25) is 0 Å². The lowest BCUT2D eigenvalue weighted by molar-refractivity contribution is 0.412. The molecule has 2 heterocycles. The van der Waals surface area contributed by atoms with Crippen molar-refractivity contribution in [2.45, 2.75) is 5.03 Å². The highest BCUT2D eigenvalue weighted by atomic mass is 32.2. The lowest BCUT2D eigenvalue weighted by atomic mass is 10.2. The Balaban J connectivity index is 1.86. The van der Waals surface area contributed by atoms with Gasteiger partial charge in [-0.2, -0.15) is 10.1 Å². The van der Waals surface area contributed by atoms with Gasteiger partial charge in [0.05, 0.1) is 31.3 Å². The zero-order valence-corrected chi connectivity index (χ0v) is 20.2. The van der Waals surface area contributed by atoms with Gasteiger partial charge in [0, 0.05) is 0 Å². The summed E-state index contributed by atoms with van der Waals surface area (Å²) < 4.78 is 14.3. The van der Waals surface area contributed by atoms with E-state index in [1.807, 2.05) is 85.1 Å². The molecule has 0 amide bonds. The molecule has 0 saturated heterocycles. The normalized spacial score (nSPS) is 10.9. The minimum atomic E-state index is -0.261. The highest BCUT2D eigenvalue weighted by Gasteiger charge is 2.23. The maximum absolute atomic E-state index is 14.1. The van der Waals surface area contributed by atoms with Gasteiger partial charge in [-0.05, 0) is 42.7 Å². The number of hydrogen-bond donors (Lipinski definition) is 1. The summed E-state index contributed by atoms with van der Waals surface area (Å²) in [5.41, 5.74) is 2.23. The van der Waals surface area contributed by atoms with E-state index in [1.165, 1.54) is 16.3 Å². The van der Waals surface area contributed by atoms with E-state index in [9.17, 15) is 4.79 Å². The molecule has 0 spiro atoms. The first-order chi connectivity index (χ1) is 17.2. The maximum Gasteiger partial charge on any atom is 0.271 e. The van der Waals surface area contributed by atoms with Gasteiger partial charge >= 0.3 is 0 Å². The fourth-order valence-corrected chi connectivity index (χ4v) is 4.47. The largest absolute Gasteiger partial charge is 0.495 e. The number of thioether (sulfide) groups is 1. The molecule has 0 bridgehead atoms. The Morgan fingerprint density at radius 1 is 0.857 bits per heavy atom. The Labute approximate surface area is 206 Å². The molecular weight excluding hydrogens is 462 g/mol. The molecule has 9 heteroatoms. The van der Waals surface area contributed by atoms with E-state index in [1.54, 1.807) is 18.9 Å². The van der Waals surface area contributed by atoms with Crippen molar-refractivity contribution in [1.29, 1.82) is 0 Å². The smallest absolute Gasteiger partial charge is 0.271 e. The highest BCUT2D eigenvalue weighted by molar-refractivity contribution is 7.98. The molecule has 0 aliphatic carbocycles. The summed E-state index contributed by atoms with van der Waals surface area (Å²) in [4.78, 5) is 19.0. The molecule has 0 aliphatic rings. The van der Waals surface area contributed by atoms with Crippen molar-refractivity contribution in [1.82, 2.24) is 19.3 Å². The molecule has 0 unspecified atom stereocenters. The molecule has 0 fully saturated rings. The van der Waals surface area contributed by atoms with Gasteiger partial charge in [-0.3, -0.25) is 4.79 Å². The third kappa shape index (κ3) is 4.00. The van der Waals surface area contributed by atoms with E-state index >= 15 is 0 Å². The third-order valence-corrected chi connectivity index (χ3v) is 6.22. The van der Waals surface area contributed by atoms with E-state index in [-0.39, 0.29) is 5.56 Å². The number of methoxy groups -OCH3 is 2. The minimum absolute atomic E-state index is 0.261. The van der Waals surface area contributed by atoms with Gasteiger partial charge in [-0.1, -0.05) is 42.5 Å². The molecule has 0 atom stereocenters. The number of benzene rings is 3. The van der Waals surface area contributed by atoms with Crippen molar-refractivity contribution in [3.05, 3.63) is 89.2 Å². The van der Waals surface area contributed by atoms with Gasteiger partial charge in [0.15, 0.2) is 5.65 Å². The van der Waals surface area contributed by atoms with Crippen LogP contribution in [0.5, 0.6) is 11.5 Å². The Bertz CT molecular complexity index is 1560. The number of fused-ring (bicyclic) bond motifs is 1. The average Bonchev–Trinajstić information content (AvgIpc) is 3.28. The van der Waals surface area contributed by atoms with Gasteiger partial charge < -0.3 is 14.8 Å². The van der Waals surface area contributed by atoms with Crippen molar-refractivity contribution < 1.29 is 9.47 Å². The van der Waals surface area contributed by atoms with Crippen LogP contribution < -0.4 is 20.3 Å². The first-order valence-electron chi connectivity index (χ1n) is 10.8. The SMILES string of the molecule is COc1ccccc1Nc1nc2c(c(SC)nn2-c2ccccc2)c(=O)n1-c1ccccc1OC. The molecule has 1 N–H and O–H groups in total. The van der Waals surface area contributed by atoms with Crippen LogP contribution in [0.3, 0.4) is 0 Å². The fourth-order valence-electron chi connectivity index (χ4n) is 3.92. The lowest BCUT2D eigenvalue weighted by Gasteiger charge is -2.17. The zero-order chi connectivity index (χ0) is 24.4. The topological polar surface area (TPSA) is 83.2 Å². The van der Waals surface area contributed by atoms with Crippen LogP contribution in [0.15, 0.2) is 88.7 Å². The van der Waals surface area contributed by atoms with Crippen molar-refractivity contribution in [2.75, 3.05) is 25.8 Å². The van der Waals surface area contributed by atoms with Gasteiger partial charge in [-0.25, -0.2) is 9.25 Å². The number of anilines is 2. The van der Waals surface area contributed by atoms with Crippen molar-refractivity contribution in [2.24, 2.45) is 0 Å². The van der Waals surface area contributed by atoms with E-state index < -0.39 is 0 Å². The molecule has 0 aliphatic heterocycles. The summed E-state index contributed by atoms with van der Waals surface area (Å²) in [5.74, 6) is 1.47. The van der Waals surface area contributed by atoms with Gasteiger partial charge in [0.25, 0.3) is 5.56 Å². The quantitative estimate of drug-likeness (QED) is 0.323. The summed E-state index contributed by atoms with van der Waals surface area (Å²) in [7, 11) is 3.17. The average molecular weight is 486 g/mol. The number of nitrogens with zero attached hydrogens (tertiary/aromatic N) is 4. The van der Waals surface area contributed by atoms with Crippen LogP contribution in [0.1, 0.15) is 0 Å². The monoisotopic (exact) mass is 485 g/mol. The Morgan fingerprint density at radius 3 is 2.23 bits per heavy atom. The molecule has 5 aromatic rings. The second-order valence-corrected chi connectivity index (χ2v) is 8.32. The molecule has 8 nitrogen and oxygen atoms in total. The fraction of sp³-hybridized carbons (Fsp3) is 0.115. The predicted octanol–water partition coefficient (Wildman–Crippen LogP) is 5.05. The maximum atomic E-state index is 14.1. The van der Waals surface area contributed by atoms with Crippen LogP contribution in [0.4, 0.5) is 11.6 Å². The molecule has 5 rings (SSSR count). The Kier molecular flexibility index (Phi) is 6.15. The number of hydrogen-bond acceptors (Lipinski definition) is 7. The summed E-state index contributed by atoms with van der Waals surface area (Å²) >= 11 is 1.40. The van der Waals surface area contributed by atoms with Crippen molar-refractivity contribution in [3.63, 3.8) is 0 Å². The number of nitrogens with one attached hydrogen (secondary N) is 1. The zero-order valence-electron chi connectivity index (χ0n) is 19.4. The summed E-state index contributed by atoms with van der Waals surface area (Å²) in [5, 5.41) is 9.04. The van der Waals surface area contributed by atoms with Crippen molar-refractivity contribution in [3.8, 4) is 22.9 Å². The van der Waals surface area contributed by atoms with Crippen LogP contribution in [-0.2, 0) is 0 Å². The predicted molar refractivity (Wildman–Crippen MR) is 139 cm³/mol. The third-order valence-electron chi connectivity index (χ3n) is 5.54. The van der Waals surface area contributed by atoms with E-state index in [0.717, 1.165) is 5.69 Å². The highest BCUT2D eigenvalue weighted by Crippen LogP contribution is 2.32. The lowest BCUT2D eigenvalue weighted by Crippen LogP contribution is -2.23. The van der Waals surface area contributed by atoms with Gasteiger partial charge in [0.1, 0.15) is 21.9 Å². The van der Waals surface area contributed by atoms with Gasteiger partial charge in [0.2, 0.25) is 5.95 Å². The van der Waals surface area contributed by atoms with Crippen LogP contribution in [0.25, 0.3) is 22.4 Å². The summed E-state index contributed by atoms with van der Waals surface area (Å²) in [6.07, 6.45) is 1.89. The molecule has 0 radical (unpaired) electrons. The number of aromatic nitrogens is 4. The number of rotatable bonds is 7. The molecule has 35 heavy (non-hydrogen) atoms. The Morgan fingerprint density at radius 2 is 1.51 bits per heavy atom. The summed E-state index contributed by atoms with van der Waals surface area (Å²) in [6, 6.07) is 24.4. The Hall–Kier alpha value is -4.24. The summed E-state index contributed by atoms with van der Waals surface area (Å²) in [6.45, 7) is 0. The van der Waals surface area contributed by atoms with E-state index in [4.69, 9.17) is 19.6 Å². The van der Waals surface area contributed by atoms with Crippen LogP contribution in [-0.4, -0.2) is 39.8 Å². The molecule has 3 aromatic carbocycles. The van der Waals surface area contributed by atoms with Crippen molar-refractivity contribution >= 4 is 34.4 Å². The molecule has 176 valence electrons. The van der Waals surface area contributed by atoms with E-state index in [2.05, 4.69) is 5.32 Å². The van der Waals surface area contributed by atoms with Crippen LogP contribution >= 0.6 is 11.8 Å². The second kappa shape index (κ2) is 9.55. The number of ether oxygens (including phenoxy) is 2. The first-order valence-corrected chi connectivity index (χ1v) is 12.1. The molecule has 2 aromatic heterocycles.